The van der Waals surface area contributed by atoms with Crippen molar-refractivity contribution in [2.75, 3.05) is 6.54 Å². The van der Waals surface area contributed by atoms with E-state index in [9.17, 15) is 13.2 Å². The summed E-state index contributed by atoms with van der Waals surface area (Å²) in [6, 6.07) is 0. The van der Waals surface area contributed by atoms with Gasteiger partial charge in [0, 0.05) is 6.54 Å². The van der Waals surface area contributed by atoms with Gasteiger partial charge < -0.3 is 0 Å². The summed E-state index contributed by atoms with van der Waals surface area (Å²) < 4.78 is 35.5. The first kappa shape index (κ1) is 8.39. The van der Waals surface area contributed by atoms with E-state index in [1.54, 1.807) is 0 Å². The maximum Gasteiger partial charge on any atom is 0.485 e. The predicted molar refractivity (Wildman–Crippen MR) is 35.2 cm³/mol. The summed E-state index contributed by atoms with van der Waals surface area (Å²) >= 11 is 5.30. The quantitative estimate of drug-likeness (QED) is 0.526. The minimum atomic E-state index is -4.36. The molecule has 0 fully saturated rings. The molecular formula is C5H4ClF3N2. The van der Waals surface area contributed by atoms with Gasteiger partial charge in [-0.1, -0.05) is 11.6 Å². The Bertz CT molecular complexity index is 208. The number of aliphatic imine (C=N–C) groups is 1. The van der Waals surface area contributed by atoms with Gasteiger partial charge in [-0.2, -0.15) is 13.2 Å². The number of rotatable bonds is 0. The summed E-state index contributed by atoms with van der Waals surface area (Å²) in [5.74, 6) is 0. The molecule has 11 heavy (non-hydrogen) atoms. The van der Waals surface area contributed by atoms with Crippen LogP contribution in [0.15, 0.2) is 16.2 Å². The van der Waals surface area contributed by atoms with Crippen molar-refractivity contribution in [2.24, 2.45) is 4.99 Å². The third-order valence-electron chi connectivity index (χ3n) is 1.10. The van der Waals surface area contributed by atoms with Gasteiger partial charge in [-0.25, -0.2) is 4.99 Å². The average Bonchev–Trinajstić information content (AvgIpc) is 1.86. The first-order chi connectivity index (χ1) is 5.00. The van der Waals surface area contributed by atoms with Crippen molar-refractivity contribution in [1.29, 1.82) is 0 Å². The van der Waals surface area contributed by atoms with Gasteiger partial charge >= 0.3 is 6.30 Å². The summed E-state index contributed by atoms with van der Waals surface area (Å²) in [6.45, 7) is -0.272. The molecule has 0 atom stereocenters. The number of alkyl halides is 3. The Balaban J connectivity index is 2.63. The molecular weight excluding hydrogens is 181 g/mol. The lowest BCUT2D eigenvalue weighted by Gasteiger charge is -2.22. The molecule has 2 nitrogen and oxygen atoms in total. The minimum absolute atomic E-state index is 0.0884. The van der Waals surface area contributed by atoms with Gasteiger partial charge in [0.25, 0.3) is 0 Å². The maximum atomic E-state index is 11.8. The van der Waals surface area contributed by atoms with Crippen LogP contribution in [0.1, 0.15) is 0 Å². The maximum absolute atomic E-state index is 11.8. The molecule has 0 aromatic rings. The highest BCUT2D eigenvalue weighted by Gasteiger charge is 2.35. The van der Waals surface area contributed by atoms with Crippen LogP contribution in [-0.4, -0.2) is 24.1 Å². The first-order valence-corrected chi connectivity index (χ1v) is 3.11. The van der Waals surface area contributed by atoms with E-state index in [2.05, 4.69) is 4.99 Å². The lowest BCUT2D eigenvalue weighted by molar-refractivity contribution is -0.212. The lowest BCUT2D eigenvalue weighted by Crippen LogP contribution is -2.38. The van der Waals surface area contributed by atoms with Gasteiger partial charge in [-0.15, -0.1) is 0 Å². The van der Waals surface area contributed by atoms with Crippen molar-refractivity contribution in [3.63, 3.8) is 0 Å². The molecule has 0 spiro atoms. The molecule has 0 aromatic carbocycles. The molecule has 1 aliphatic rings. The topological polar surface area (TPSA) is 15.6 Å². The summed E-state index contributed by atoms with van der Waals surface area (Å²) in [4.78, 5) is 3.42. The van der Waals surface area contributed by atoms with E-state index in [0.29, 0.717) is 6.34 Å². The number of hydrogen-bond donors (Lipinski definition) is 0. The molecule has 0 saturated heterocycles. The molecule has 0 bridgehead atoms. The molecule has 1 heterocycles. The molecule has 1 aliphatic heterocycles. The summed E-state index contributed by atoms with van der Waals surface area (Å²) in [5, 5.41) is 0.0884. The van der Waals surface area contributed by atoms with Gasteiger partial charge in [-0.3, -0.25) is 4.90 Å². The Morgan fingerprint density at radius 3 is 2.55 bits per heavy atom. The van der Waals surface area contributed by atoms with Crippen LogP contribution in [0.4, 0.5) is 13.2 Å². The summed E-state index contributed by atoms with van der Waals surface area (Å²) in [6.07, 6.45) is -2.50. The number of halogens is 4. The zero-order valence-electron chi connectivity index (χ0n) is 5.27. The second-order valence-electron chi connectivity index (χ2n) is 1.89. The summed E-state index contributed by atoms with van der Waals surface area (Å²) in [5.41, 5.74) is 0. The largest absolute Gasteiger partial charge is 0.485 e. The van der Waals surface area contributed by atoms with Gasteiger partial charge in [0.05, 0.1) is 6.34 Å². The molecule has 6 heteroatoms. The molecule has 0 amide bonds. The SMILES string of the molecule is FC(F)(F)N1C=NC(Cl)=CC1. The highest BCUT2D eigenvalue weighted by Crippen LogP contribution is 2.22. The molecule has 0 N–H and O–H groups in total. The van der Waals surface area contributed by atoms with Crippen LogP contribution in [0.3, 0.4) is 0 Å². The van der Waals surface area contributed by atoms with E-state index < -0.39 is 6.30 Å². The second kappa shape index (κ2) is 2.73. The fourth-order valence-electron chi connectivity index (χ4n) is 0.567. The Morgan fingerprint density at radius 2 is 2.18 bits per heavy atom. The molecule has 0 radical (unpaired) electrons. The zero-order valence-corrected chi connectivity index (χ0v) is 6.02. The molecule has 0 unspecified atom stereocenters. The smallest absolute Gasteiger partial charge is 0.270 e. The van der Waals surface area contributed by atoms with E-state index in [1.165, 1.54) is 6.08 Å². The Kier molecular flexibility index (Phi) is 2.08. The predicted octanol–water partition coefficient (Wildman–Crippen LogP) is 1.93. The highest BCUT2D eigenvalue weighted by molar-refractivity contribution is 6.29. The van der Waals surface area contributed by atoms with Crippen molar-refractivity contribution in [3.05, 3.63) is 11.2 Å². The molecule has 0 aliphatic carbocycles. The highest BCUT2D eigenvalue weighted by atomic mass is 35.5. The van der Waals surface area contributed by atoms with Gasteiger partial charge in [0.15, 0.2) is 0 Å². The second-order valence-corrected chi connectivity index (χ2v) is 2.28. The average molecular weight is 185 g/mol. The summed E-state index contributed by atoms with van der Waals surface area (Å²) in [7, 11) is 0. The van der Waals surface area contributed by atoms with Crippen molar-refractivity contribution in [1.82, 2.24) is 4.90 Å². The minimum Gasteiger partial charge on any atom is -0.270 e. The third-order valence-corrected chi connectivity index (χ3v) is 1.35. The van der Waals surface area contributed by atoms with Crippen LogP contribution in [-0.2, 0) is 0 Å². The molecule has 0 aromatic heterocycles. The van der Waals surface area contributed by atoms with Gasteiger partial charge in [-0.05, 0) is 6.08 Å². The lowest BCUT2D eigenvalue weighted by atomic mass is 10.5. The standard InChI is InChI=1S/C5H4ClF3N2/c6-4-1-2-11(3-10-4)5(7,8)9/h1,3H,2H2. The van der Waals surface area contributed by atoms with Crippen molar-refractivity contribution in [2.45, 2.75) is 6.30 Å². The Morgan fingerprint density at radius 1 is 1.55 bits per heavy atom. The molecule has 0 saturated carbocycles. The van der Waals surface area contributed by atoms with E-state index in [1.807, 2.05) is 0 Å². The van der Waals surface area contributed by atoms with Crippen molar-refractivity contribution in [3.8, 4) is 0 Å². The number of nitrogens with zero attached hydrogens (tertiary/aromatic N) is 2. The first-order valence-electron chi connectivity index (χ1n) is 2.73. The monoisotopic (exact) mass is 184 g/mol. The van der Waals surface area contributed by atoms with Crippen molar-refractivity contribution >= 4 is 17.9 Å². The van der Waals surface area contributed by atoms with Crippen LogP contribution in [0.25, 0.3) is 0 Å². The molecule has 1 rings (SSSR count). The normalized spacial score (nSPS) is 18.5. The van der Waals surface area contributed by atoms with Gasteiger partial charge in [0.1, 0.15) is 5.16 Å². The van der Waals surface area contributed by atoms with Crippen LogP contribution in [0.5, 0.6) is 0 Å². The fraction of sp³-hybridized carbons (Fsp3) is 0.400. The van der Waals surface area contributed by atoms with E-state index >= 15 is 0 Å². The van der Waals surface area contributed by atoms with Crippen LogP contribution in [0.2, 0.25) is 0 Å². The van der Waals surface area contributed by atoms with E-state index in [4.69, 9.17) is 11.6 Å². The Labute approximate surface area is 66.0 Å². The van der Waals surface area contributed by atoms with Gasteiger partial charge in [0.2, 0.25) is 0 Å². The zero-order chi connectivity index (χ0) is 8.48. The fourth-order valence-corrected chi connectivity index (χ4v) is 0.680. The van der Waals surface area contributed by atoms with Crippen LogP contribution >= 0.6 is 11.6 Å². The van der Waals surface area contributed by atoms with E-state index in [0.717, 1.165) is 0 Å². The molecule has 62 valence electrons. The number of hydrogen-bond acceptors (Lipinski definition) is 2. The van der Waals surface area contributed by atoms with E-state index in [-0.39, 0.29) is 16.6 Å². The Hall–Kier alpha value is -0.710. The van der Waals surface area contributed by atoms with Crippen molar-refractivity contribution < 1.29 is 13.2 Å². The third kappa shape index (κ3) is 2.11. The van der Waals surface area contributed by atoms with Crippen LogP contribution < -0.4 is 0 Å². The van der Waals surface area contributed by atoms with Crippen LogP contribution in [0, 0.1) is 0 Å².